The lowest BCUT2D eigenvalue weighted by atomic mass is 10.1. The monoisotopic (exact) mass is 321 g/mol. The number of rotatable bonds is 4. The number of nitrogens with one attached hydrogen (secondary N) is 2. The van der Waals surface area contributed by atoms with Gasteiger partial charge >= 0.3 is 6.03 Å². The van der Waals surface area contributed by atoms with Gasteiger partial charge in [0, 0.05) is 13.1 Å². The highest BCUT2D eigenvalue weighted by atomic mass is 19.1. The van der Waals surface area contributed by atoms with Gasteiger partial charge in [-0.25, -0.2) is 9.18 Å². The minimum Gasteiger partial charge on any atom is -0.378 e. The Labute approximate surface area is 134 Å². The van der Waals surface area contributed by atoms with Crippen molar-refractivity contribution in [3.8, 4) is 0 Å². The molecule has 1 saturated carbocycles. The summed E-state index contributed by atoms with van der Waals surface area (Å²) < 4.78 is 19.1. The second-order valence-electron chi connectivity index (χ2n) is 5.81. The number of nitrogens with zero attached hydrogens (tertiary/aromatic N) is 1. The second kappa shape index (κ2) is 6.95. The SMILES string of the molecule is O=C(NCC(=O)N1CCOCC1)Nc1ccc(C2CC2)cc1F. The summed E-state index contributed by atoms with van der Waals surface area (Å²) in [4.78, 5) is 25.3. The molecule has 0 aromatic heterocycles. The maximum absolute atomic E-state index is 14.0. The largest absolute Gasteiger partial charge is 0.378 e. The predicted octanol–water partition coefficient (Wildman–Crippen LogP) is 1.68. The first-order chi connectivity index (χ1) is 11.1. The molecule has 1 aliphatic carbocycles. The topological polar surface area (TPSA) is 70.7 Å². The lowest BCUT2D eigenvalue weighted by Crippen LogP contribution is -2.46. The Kier molecular flexibility index (Phi) is 4.76. The Morgan fingerprint density at radius 2 is 2.00 bits per heavy atom. The van der Waals surface area contributed by atoms with Gasteiger partial charge in [0.05, 0.1) is 25.4 Å². The summed E-state index contributed by atoms with van der Waals surface area (Å²) in [7, 11) is 0. The number of anilines is 1. The van der Waals surface area contributed by atoms with Crippen molar-refractivity contribution in [2.75, 3.05) is 38.2 Å². The molecule has 1 aromatic rings. The fourth-order valence-electron chi connectivity index (χ4n) is 2.55. The van der Waals surface area contributed by atoms with Crippen LogP contribution in [0.4, 0.5) is 14.9 Å². The Hall–Kier alpha value is -2.15. The number of carbonyl (C=O) groups excluding carboxylic acids is 2. The Morgan fingerprint density at radius 1 is 1.26 bits per heavy atom. The number of carbonyl (C=O) groups is 2. The first kappa shape index (κ1) is 15.7. The molecule has 0 unspecified atom stereocenters. The quantitative estimate of drug-likeness (QED) is 0.886. The van der Waals surface area contributed by atoms with Crippen molar-refractivity contribution in [1.82, 2.24) is 10.2 Å². The number of urea groups is 1. The summed E-state index contributed by atoms with van der Waals surface area (Å²) in [5.74, 6) is -0.171. The van der Waals surface area contributed by atoms with Crippen LogP contribution in [-0.2, 0) is 9.53 Å². The summed E-state index contributed by atoms with van der Waals surface area (Å²) >= 11 is 0. The van der Waals surface area contributed by atoms with Crippen molar-refractivity contribution in [3.63, 3.8) is 0 Å². The molecule has 23 heavy (non-hydrogen) atoms. The summed E-state index contributed by atoms with van der Waals surface area (Å²) in [5.41, 5.74) is 1.08. The zero-order valence-electron chi connectivity index (χ0n) is 12.8. The molecule has 1 saturated heterocycles. The maximum Gasteiger partial charge on any atom is 0.319 e. The molecular weight excluding hydrogens is 301 g/mol. The van der Waals surface area contributed by atoms with Crippen LogP contribution in [0.3, 0.4) is 0 Å². The van der Waals surface area contributed by atoms with E-state index in [1.807, 2.05) is 6.07 Å². The zero-order chi connectivity index (χ0) is 16.2. The van der Waals surface area contributed by atoms with Gasteiger partial charge in [-0.15, -0.1) is 0 Å². The van der Waals surface area contributed by atoms with Crippen molar-refractivity contribution in [2.45, 2.75) is 18.8 Å². The number of ether oxygens (including phenoxy) is 1. The van der Waals surface area contributed by atoms with E-state index in [0.29, 0.717) is 32.2 Å². The third-order valence-electron chi connectivity index (χ3n) is 4.05. The van der Waals surface area contributed by atoms with E-state index in [0.717, 1.165) is 18.4 Å². The number of hydrogen-bond acceptors (Lipinski definition) is 3. The fourth-order valence-corrected chi connectivity index (χ4v) is 2.55. The van der Waals surface area contributed by atoms with Crippen LogP contribution >= 0.6 is 0 Å². The first-order valence-electron chi connectivity index (χ1n) is 7.83. The molecule has 124 valence electrons. The molecule has 2 aliphatic rings. The van der Waals surface area contributed by atoms with Crippen LogP contribution in [0.2, 0.25) is 0 Å². The van der Waals surface area contributed by atoms with Gasteiger partial charge in [0.2, 0.25) is 5.91 Å². The molecule has 1 heterocycles. The summed E-state index contributed by atoms with van der Waals surface area (Å²) in [6, 6.07) is 4.26. The summed E-state index contributed by atoms with van der Waals surface area (Å²) in [6.45, 7) is 1.96. The van der Waals surface area contributed by atoms with E-state index < -0.39 is 11.8 Å². The molecule has 1 aromatic carbocycles. The molecule has 2 fully saturated rings. The van der Waals surface area contributed by atoms with Crippen molar-refractivity contribution >= 4 is 17.6 Å². The lowest BCUT2D eigenvalue weighted by molar-refractivity contribution is -0.134. The van der Waals surface area contributed by atoms with E-state index in [1.54, 1.807) is 11.0 Å². The number of morpholine rings is 1. The second-order valence-corrected chi connectivity index (χ2v) is 5.81. The van der Waals surface area contributed by atoms with E-state index >= 15 is 0 Å². The van der Waals surface area contributed by atoms with Gasteiger partial charge in [-0.2, -0.15) is 0 Å². The minimum atomic E-state index is -0.593. The normalized spacial score (nSPS) is 17.7. The molecule has 6 nitrogen and oxygen atoms in total. The van der Waals surface area contributed by atoms with Crippen LogP contribution in [0.1, 0.15) is 24.3 Å². The van der Waals surface area contributed by atoms with E-state index in [9.17, 15) is 14.0 Å². The molecular formula is C16H20FN3O3. The van der Waals surface area contributed by atoms with Gasteiger partial charge in [-0.05, 0) is 36.5 Å². The highest BCUT2D eigenvalue weighted by molar-refractivity contribution is 5.92. The smallest absolute Gasteiger partial charge is 0.319 e. The summed E-state index contributed by atoms with van der Waals surface area (Å²) in [6.07, 6.45) is 2.19. The van der Waals surface area contributed by atoms with Crippen molar-refractivity contribution in [2.24, 2.45) is 0 Å². The van der Waals surface area contributed by atoms with E-state index in [-0.39, 0.29) is 18.1 Å². The number of benzene rings is 1. The molecule has 3 rings (SSSR count). The van der Waals surface area contributed by atoms with E-state index in [4.69, 9.17) is 4.74 Å². The fraction of sp³-hybridized carbons (Fsp3) is 0.500. The van der Waals surface area contributed by atoms with Gasteiger partial charge in [-0.3, -0.25) is 4.79 Å². The molecule has 0 bridgehead atoms. The third-order valence-corrected chi connectivity index (χ3v) is 4.05. The zero-order valence-corrected chi connectivity index (χ0v) is 12.8. The summed E-state index contributed by atoms with van der Waals surface area (Å²) in [5, 5.41) is 4.89. The van der Waals surface area contributed by atoms with Crippen LogP contribution in [0, 0.1) is 5.82 Å². The Morgan fingerprint density at radius 3 is 2.65 bits per heavy atom. The number of halogens is 1. The van der Waals surface area contributed by atoms with Crippen molar-refractivity contribution in [3.05, 3.63) is 29.6 Å². The number of amides is 3. The maximum atomic E-state index is 14.0. The molecule has 0 spiro atoms. The Bertz CT molecular complexity index is 598. The third kappa shape index (κ3) is 4.19. The van der Waals surface area contributed by atoms with Crippen LogP contribution in [0.15, 0.2) is 18.2 Å². The van der Waals surface area contributed by atoms with Crippen molar-refractivity contribution < 1.29 is 18.7 Å². The van der Waals surface area contributed by atoms with E-state index in [1.165, 1.54) is 6.07 Å². The first-order valence-corrected chi connectivity index (χ1v) is 7.83. The van der Waals surface area contributed by atoms with Gasteiger partial charge in [0.15, 0.2) is 0 Å². The molecule has 2 N–H and O–H groups in total. The number of hydrogen-bond donors (Lipinski definition) is 2. The molecule has 3 amide bonds. The van der Waals surface area contributed by atoms with Gasteiger partial charge < -0.3 is 20.3 Å². The molecule has 1 aliphatic heterocycles. The van der Waals surface area contributed by atoms with Crippen LogP contribution in [-0.4, -0.2) is 49.7 Å². The van der Waals surface area contributed by atoms with Gasteiger partial charge in [0.25, 0.3) is 0 Å². The lowest BCUT2D eigenvalue weighted by Gasteiger charge is -2.26. The minimum absolute atomic E-state index is 0.116. The average molecular weight is 321 g/mol. The standard InChI is InChI=1S/C16H20FN3O3/c17-13-9-12(11-1-2-11)3-4-14(13)19-16(22)18-10-15(21)20-5-7-23-8-6-20/h3-4,9,11H,1-2,5-8,10H2,(H2,18,19,22). The average Bonchev–Trinajstić information content (AvgIpc) is 3.40. The van der Waals surface area contributed by atoms with Gasteiger partial charge in [-0.1, -0.05) is 6.07 Å². The molecule has 0 radical (unpaired) electrons. The van der Waals surface area contributed by atoms with Crippen molar-refractivity contribution in [1.29, 1.82) is 0 Å². The Balaban J connectivity index is 1.48. The van der Waals surface area contributed by atoms with Crippen LogP contribution in [0.25, 0.3) is 0 Å². The molecule has 0 atom stereocenters. The highest BCUT2D eigenvalue weighted by Crippen LogP contribution is 2.40. The van der Waals surface area contributed by atoms with Crippen LogP contribution < -0.4 is 10.6 Å². The van der Waals surface area contributed by atoms with Crippen LogP contribution in [0.5, 0.6) is 0 Å². The van der Waals surface area contributed by atoms with Gasteiger partial charge in [0.1, 0.15) is 5.82 Å². The predicted molar refractivity (Wildman–Crippen MR) is 82.8 cm³/mol. The highest BCUT2D eigenvalue weighted by Gasteiger charge is 2.24. The van der Waals surface area contributed by atoms with E-state index in [2.05, 4.69) is 10.6 Å². The molecule has 7 heteroatoms.